The van der Waals surface area contributed by atoms with E-state index in [1.165, 1.54) is 12.3 Å². The van der Waals surface area contributed by atoms with Gasteiger partial charge in [0.15, 0.2) is 0 Å². The minimum atomic E-state index is -0.458. The third-order valence-corrected chi connectivity index (χ3v) is 3.16. The molecule has 0 atom stereocenters. The molecule has 1 aliphatic heterocycles. The van der Waals surface area contributed by atoms with E-state index in [0.29, 0.717) is 24.5 Å². The lowest BCUT2D eigenvalue weighted by molar-refractivity contribution is -0.385. The summed E-state index contributed by atoms with van der Waals surface area (Å²) in [6.07, 6.45) is 1.43. The molecule has 108 valence electrons. The van der Waals surface area contributed by atoms with Crippen LogP contribution in [0.4, 0.5) is 11.5 Å². The number of carbonyl (C=O) groups is 1. The smallest absolute Gasteiger partial charge is 0.277 e. The van der Waals surface area contributed by atoms with E-state index in [0.717, 1.165) is 13.1 Å². The number of piperazine rings is 1. The van der Waals surface area contributed by atoms with E-state index < -0.39 is 4.92 Å². The number of nitro groups is 1. The van der Waals surface area contributed by atoms with E-state index in [2.05, 4.69) is 15.6 Å². The van der Waals surface area contributed by atoms with Crippen LogP contribution in [0.2, 0.25) is 0 Å². The Kier molecular flexibility index (Phi) is 4.46. The van der Waals surface area contributed by atoms with Crippen molar-refractivity contribution in [2.24, 2.45) is 0 Å². The van der Waals surface area contributed by atoms with Crippen LogP contribution in [-0.4, -0.2) is 53.4 Å². The van der Waals surface area contributed by atoms with E-state index in [1.54, 1.807) is 11.8 Å². The van der Waals surface area contributed by atoms with Crippen LogP contribution in [0.3, 0.4) is 0 Å². The highest BCUT2D eigenvalue weighted by molar-refractivity contribution is 5.80. The van der Waals surface area contributed by atoms with Crippen LogP contribution < -0.4 is 10.6 Å². The highest BCUT2D eigenvalue weighted by Crippen LogP contribution is 2.19. The number of hydrogen-bond acceptors (Lipinski definition) is 6. The molecule has 20 heavy (non-hydrogen) atoms. The Morgan fingerprint density at radius 3 is 2.90 bits per heavy atom. The van der Waals surface area contributed by atoms with Crippen molar-refractivity contribution in [2.75, 3.05) is 38.0 Å². The zero-order valence-electron chi connectivity index (χ0n) is 11.3. The first-order valence-corrected chi connectivity index (χ1v) is 6.41. The number of hydrogen-bond donors (Lipinski definition) is 2. The average Bonchev–Trinajstić information content (AvgIpc) is 2.46. The van der Waals surface area contributed by atoms with E-state index in [1.807, 2.05) is 0 Å². The van der Waals surface area contributed by atoms with Crippen LogP contribution in [0.25, 0.3) is 0 Å². The Bertz CT molecular complexity index is 514. The summed E-state index contributed by atoms with van der Waals surface area (Å²) in [5.74, 6) is 0.308. The third-order valence-electron chi connectivity index (χ3n) is 3.16. The number of amides is 1. The Labute approximate surface area is 116 Å². The van der Waals surface area contributed by atoms with Crippen LogP contribution >= 0.6 is 0 Å². The monoisotopic (exact) mass is 279 g/mol. The maximum Gasteiger partial charge on any atom is 0.277 e. The van der Waals surface area contributed by atoms with Crippen molar-refractivity contribution in [1.82, 2.24) is 15.2 Å². The Hall–Kier alpha value is -2.22. The number of aromatic nitrogens is 1. The molecule has 8 heteroatoms. The number of nitrogens with zero attached hydrogens (tertiary/aromatic N) is 3. The van der Waals surface area contributed by atoms with Gasteiger partial charge in [-0.05, 0) is 6.92 Å². The number of anilines is 1. The minimum Gasteiger partial charge on any atom is -0.361 e. The highest BCUT2D eigenvalue weighted by Gasteiger charge is 2.17. The van der Waals surface area contributed by atoms with Gasteiger partial charge in [-0.15, -0.1) is 0 Å². The van der Waals surface area contributed by atoms with Crippen molar-refractivity contribution in [3.05, 3.63) is 27.9 Å². The molecule has 8 nitrogen and oxygen atoms in total. The molecule has 1 amide bonds. The van der Waals surface area contributed by atoms with Crippen molar-refractivity contribution < 1.29 is 9.72 Å². The van der Waals surface area contributed by atoms with E-state index in [4.69, 9.17) is 0 Å². The summed E-state index contributed by atoms with van der Waals surface area (Å²) in [6, 6.07) is 1.35. The van der Waals surface area contributed by atoms with Gasteiger partial charge in [-0.2, -0.15) is 0 Å². The number of carbonyl (C=O) groups excluding carboxylic acids is 1. The fraction of sp³-hybridized carbons (Fsp3) is 0.500. The fourth-order valence-corrected chi connectivity index (χ4v) is 2.00. The summed E-state index contributed by atoms with van der Waals surface area (Å²) < 4.78 is 0. The van der Waals surface area contributed by atoms with Gasteiger partial charge in [-0.1, -0.05) is 0 Å². The van der Waals surface area contributed by atoms with Gasteiger partial charge in [0.2, 0.25) is 5.91 Å². The second-order valence-electron chi connectivity index (χ2n) is 4.60. The zero-order valence-corrected chi connectivity index (χ0v) is 11.3. The molecular formula is C12H17N5O3. The molecule has 0 unspecified atom stereocenters. The molecule has 2 heterocycles. The molecule has 1 aliphatic rings. The minimum absolute atomic E-state index is 0.00267. The number of nitrogens with one attached hydrogen (secondary N) is 2. The van der Waals surface area contributed by atoms with Gasteiger partial charge in [0.25, 0.3) is 5.69 Å². The second kappa shape index (κ2) is 6.29. The predicted molar refractivity (Wildman–Crippen MR) is 73.6 cm³/mol. The Morgan fingerprint density at radius 2 is 2.25 bits per heavy atom. The Morgan fingerprint density at radius 1 is 1.55 bits per heavy atom. The summed E-state index contributed by atoms with van der Waals surface area (Å²) >= 11 is 0. The lowest BCUT2D eigenvalue weighted by Gasteiger charge is -2.27. The molecule has 0 spiro atoms. The van der Waals surface area contributed by atoms with Gasteiger partial charge in [0, 0.05) is 37.9 Å². The first-order valence-electron chi connectivity index (χ1n) is 6.41. The number of aryl methyl sites for hydroxylation is 1. The van der Waals surface area contributed by atoms with Crippen molar-refractivity contribution >= 4 is 17.4 Å². The predicted octanol–water partition coefficient (Wildman–Crippen LogP) is 0.142. The van der Waals surface area contributed by atoms with Crippen LogP contribution in [0, 0.1) is 17.0 Å². The van der Waals surface area contributed by atoms with Crippen LogP contribution in [0.15, 0.2) is 12.3 Å². The van der Waals surface area contributed by atoms with Gasteiger partial charge in [0.1, 0.15) is 5.82 Å². The molecule has 1 fully saturated rings. The van der Waals surface area contributed by atoms with Crippen LogP contribution in [0.1, 0.15) is 5.56 Å². The molecule has 0 aliphatic carbocycles. The standard InChI is InChI=1S/C12H17N5O3/c1-9-7-14-11(6-10(9)17(19)20)15-8-12(18)16-4-2-13-3-5-16/h6-7,13H,2-5,8H2,1H3,(H,14,15). The summed E-state index contributed by atoms with van der Waals surface area (Å²) in [5, 5.41) is 16.8. The van der Waals surface area contributed by atoms with E-state index in [-0.39, 0.29) is 18.1 Å². The number of rotatable bonds is 4. The lowest BCUT2D eigenvalue weighted by Crippen LogP contribution is -2.48. The molecule has 1 aromatic heterocycles. The molecule has 0 saturated carbocycles. The van der Waals surface area contributed by atoms with Gasteiger partial charge in [0.05, 0.1) is 17.5 Å². The first kappa shape index (κ1) is 14.2. The molecule has 0 bridgehead atoms. The van der Waals surface area contributed by atoms with Gasteiger partial charge >= 0.3 is 0 Å². The second-order valence-corrected chi connectivity index (χ2v) is 4.60. The molecule has 1 saturated heterocycles. The van der Waals surface area contributed by atoms with Crippen molar-refractivity contribution in [2.45, 2.75) is 6.92 Å². The van der Waals surface area contributed by atoms with Gasteiger partial charge < -0.3 is 15.5 Å². The molecule has 1 aromatic rings. The van der Waals surface area contributed by atoms with E-state index >= 15 is 0 Å². The summed E-state index contributed by atoms with van der Waals surface area (Å²) in [6.45, 7) is 4.66. The van der Waals surface area contributed by atoms with Crippen LogP contribution in [0.5, 0.6) is 0 Å². The third kappa shape index (κ3) is 3.41. The zero-order chi connectivity index (χ0) is 14.5. The molecule has 0 aromatic carbocycles. The summed E-state index contributed by atoms with van der Waals surface area (Å²) in [4.78, 5) is 28.1. The van der Waals surface area contributed by atoms with Crippen molar-refractivity contribution in [3.8, 4) is 0 Å². The molecular weight excluding hydrogens is 262 g/mol. The highest BCUT2D eigenvalue weighted by atomic mass is 16.6. The SMILES string of the molecule is Cc1cnc(NCC(=O)N2CCNCC2)cc1[N+](=O)[O-]. The van der Waals surface area contributed by atoms with Gasteiger partial charge in [-0.3, -0.25) is 14.9 Å². The maximum absolute atomic E-state index is 11.9. The van der Waals surface area contributed by atoms with Crippen molar-refractivity contribution in [3.63, 3.8) is 0 Å². The largest absolute Gasteiger partial charge is 0.361 e. The maximum atomic E-state index is 11.9. The molecule has 0 radical (unpaired) electrons. The van der Waals surface area contributed by atoms with Gasteiger partial charge in [-0.25, -0.2) is 4.98 Å². The van der Waals surface area contributed by atoms with Crippen LogP contribution in [-0.2, 0) is 4.79 Å². The lowest BCUT2D eigenvalue weighted by atomic mass is 10.2. The fourth-order valence-electron chi connectivity index (χ4n) is 2.00. The average molecular weight is 279 g/mol. The first-order chi connectivity index (χ1) is 9.58. The topological polar surface area (TPSA) is 100 Å². The quantitative estimate of drug-likeness (QED) is 0.600. The Balaban J connectivity index is 1.95. The normalized spacial score (nSPS) is 14.9. The molecule has 2 N–H and O–H groups in total. The van der Waals surface area contributed by atoms with E-state index in [9.17, 15) is 14.9 Å². The summed E-state index contributed by atoms with van der Waals surface area (Å²) in [5.41, 5.74) is 0.492. The van der Waals surface area contributed by atoms with Crippen molar-refractivity contribution in [1.29, 1.82) is 0 Å². The number of pyridine rings is 1. The molecule has 2 rings (SSSR count). The summed E-state index contributed by atoms with van der Waals surface area (Å²) in [7, 11) is 0.